The van der Waals surface area contributed by atoms with E-state index in [-0.39, 0.29) is 11.7 Å². The number of anilines is 1. The van der Waals surface area contributed by atoms with Gasteiger partial charge in [-0.1, -0.05) is 6.07 Å². The van der Waals surface area contributed by atoms with Crippen LogP contribution in [0.4, 0.5) is 10.5 Å². The molecule has 2 N–H and O–H groups in total. The van der Waals surface area contributed by atoms with Gasteiger partial charge in [-0.25, -0.2) is 17.9 Å². The lowest BCUT2D eigenvalue weighted by molar-refractivity contribution is 0.148. The summed E-state index contributed by atoms with van der Waals surface area (Å²) in [7, 11) is -3.67. The Labute approximate surface area is 174 Å². The Kier molecular flexibility index (Phi) is 5.89. The number of fused-ring (bicyclic) bond motifs is 2. The van der Waals surface area contributed by atoms with Crippen molar-refractivity contribution >= 4 is 21.7 Å². The number of sulfonamides is 1. The lowest BCUT2D eigenvalue weighted by Crippen LogP contribution is -2.44. The summed E-state index contributed by atoms with van der Waals surface area (Å²) >= 11 is 0. The number of nitrogens with zero attached hydrogens (tertiary/aromatic N) is 1. The monoisotopic (exact) mass is 419 g/mol. The number of likely N-dealkylation sites (tertiary alicyclic amines) is 1. The number of nitrogens with one attached hydrogen (secondary N) is 2. The predicted octanol–water partition coefficient (Wildman–Crippen LogP) is 3.24. The summed E-state index contributed by atoms with van der Waals surface area (Å²) in [6.07, 6.45) is 8.10. The number of aryl methyl sites for hydroxylation is 2. The molecule has 4 rings (SSSR count). The molecule has 7 heteroatoms. The molecule has 0 saturated carbocycles. The summed E-state index contributed by atoms with van der Waals surface area (Å²) in [5, 5.41) is 2.92. The summed E-state index contributed by atoms with van der Waals surface area (Å²) in [4.78, 5) is 15.0. The molecule has 1 heterocycles. The second-order valence-electron chi connectivity index (χ2n) is 9.17. The quantitative estimate of drug-likeness (QED) is 0.768. The number of rotatable bonds is 5. The summed E-state index contributed by atoms with van der Waals surface area (Å²) in [5.41, 5.74) is 5.93. The Morgan fingerprint density at radius 2 is 1.76 bits per heavy atom. The van der Waals surface area contributed by atoms with Crippen LogP contribution < -0.4 is 10.0 Å². The fraction of sp³-hybridized carbons (Fsp3) is 0.682. The van der Waals surface area contributed by atoms with E-state index in [1.54, 1.807) is 0 Å². The van der Waals surface area contributed by atoms with Crippen molar-refractivity contribution in [1.29, 1.82) is 0 Å². The van der Waals surface area contributed by atoms with E-state index in [0.29, 0.717) is 6.04 Å². The van der Waals surface area contributed by atoms with Crippen molar-refractivity contribution in [2.45, 2.75) is 71.3 Å². The van der Waals surface area contributed by atoms with Crippen molar-refractivity contribution in [2.75, 3.05) is 24.2 Å². The maximum absolute atomic E-state index is 12.7. The average molecular weight is 420 g/mol. The van der Waals surface area contributed by atoms with Crippen LogP contribution in [0.5, 0.6) is 0 Å². The van der Waals surface area contributed by atoms with Crippen LogP contribution in [0.3, 0.4) is 0 Å². The first-order chi connectivity index (χ1) is 13.8. The minimum Gasteiger partial charge on any atom is -0.307 e. The molecule has 160 valence electrons. The van der Waals surface area contributed by atoms with Gasteiger partial charge >= 0.3 is 6.03 Å². The minimum atomic E-state index is -3.67. The van der Waals surface area contributed by atoms with Gasteiger partial charge in [0, 0.05) is 18.3 Å². The van der Waals surface area contributed by atoms with Crippen LogP contribution >= 0.6 is 0 Å². The summed E-state index contributed by atoms with van der Waals surface area (Å²) in [6, 6.07) is 2.10. The molecule has 1 aromatic rings. The standard InChI is InChI=1S/C22H33N3O3S/c1-15(2)25-11-5-6-16(13-25)14-29(27,28)24-22(26)23-21-19-9-3-7-17(19)12-18-8-4-10-20(18)21/h12,15-16H,3-11,13-14H2,1-2H3,(H2,23,24,26). The Balaban J connectivity index is 1.42. The van der Waals surface area contributed by atoms with Crippen molar-refractivity contribution in [2.24, 2.45) is 5.92 Å². The van der Waals surface area contributed by atoms with Gasteiger partial charge in [0.05, 0.1) is 5.75 Å². The molecule has 3 aliphatic rings. The first kappa shape index (κ1) is 20.7. The second kappa shape index (κ2) is 8.26. The molecule has 0 aromatic heterocycles. The highest BCUT2D eigenvalue weighted by atomic mass is 32.2. The molecule has 2 aliphatic carbocycles. The Bertz CT molecular complexity index is 863. The molecule has 0 spiro atoms. The highest BCUT2D eigenvalue weighted by Crippen LogP contribution is 2.38. The van der Waals surface area contributed by atoms with Gasteiger partial charge in [-0.15, -0.1) is 0 Å². The lowest BCUT2D eigenvalue weighted by atomic mass is 9.99. The van der Waals surface area contributed by atoms with Gasteiger partial charge in [-0.2, -0.15) is 0 Å². The van der Waals surface area contributed by atoms with E-state index in [4.69, 9.17) is 0 Å². The first-order valence-electron chi connectivity index (χ1n) is 11.0. The SMILES string of the molecule is CC(C)N1CCCC(CS(=O)(=O)NC(=O)Nc2c3c(cc4c2CCC4)CCC3)C1. The zero-order chi connectivity index (χ0) is 20.6. The molecule has 1 aliphatic heterocycles. The Morgan fingerprint density at radius 3 is 2.38 bits per heavy atom. The smallest absolute Gasteiger partial charge is 0.307 e. The molecule has 1 fully saturated rings. The largest absolute Gasteiger partial charge is 0.332 e. The first-order valence-corrected chi connectivity index (χ1v) is 12.7. The lowest BCUT2D eigenvalue weighted by Gasteiger charge is -2.35. The summed E-state index contributed by atoms with van der Waals surface area (Å²) in [5.74, 6) is 0.0796. The highest BCUT2D eigenvalue weighted by Gasteiger charge is 2.29. The number of amides is 2. The number of piperidine rings is 1. The molecule has 2 amide bonds. The zero-order valence-electron chi connectivity index (χ0n) is 17.6. The van der Waals surface area contributed by atoms with Crippen LogP contribution in [0.15, 0.2) is 6.07 Å². The van der Waals surface area contributed by atoms with Gasteiger partial charge in [-0.3, -0.25) is 0 Å². The third kappa shape index (κ3) is 4.61. The van der Waals surface area contributed by atoms with E-state index >= 15 is 0 Å². The van der Waals surface area contributed by atoms with Crippen LogP contribution in [0.25, 0.3) is 0 Å². The van der Waals surface area contributed by atoms with Crippen molar-refractivity contribution in [3.63, 3.8) is 0 Å². The van der Waals surface area contributed by atoms with Gasteiger partial charge in [0.25, 0.3) is 0 Å². The van der Waals surface area contributed by atoms with Crippen LogP contribution in [0, 0.1) is 5.92 Å². The molecule has 0 radical (unpaired) electrons. The molecule has 29 heavy (non-hydrogen) atoms. The zero-order valence-corrected chi connectivity index (χ0v) is 18.4. The van der Waals surface area contributed by atoms with E-state index in [1.807, 2.05) is 0 Å². The van der Waals surface area contributed by atoms with Gasteiger partial charge in [0.2, 0.25) is 10.0 Å². The van der Waals surface area contributed by atoms with E-state index in [9.17, 15) is 13.2 Å². The number of hydrogen-bond donors (Lipinski definition) is 2. The van der Waals surface area contributed by atoms with Crippen molar-refractivity contribution in [1.82, 2.24) is 9.62 Å². The molecular formula is C22H33N3O3S. The third-order valence-corrected chi connectivity index (χ3v) is 8.10. The number of urea groups is 1. The van der Waals surface area contributed by atoms with Crippen LogP contribution in [0.2, 0.25) is 0 Å². The van der Waals surface area contributed by atoms with Gasteiger partial charge in [0.1, 0.15) is 0 Å². The topological polar surface area (TPSA) is 78.5 Å². The molecule has 1 unspecified atom stereocenters. The predicted molar refractivity (Wildman–Crippen MR) is 116 cm³/mol. The number of hydrogen-bond acceptors (Lipinski definition) is 4. The molecule has 1 atom stereocenters. The number of benzene rings is 1. The molecular weight excluding hydrogens is 386 g/mol. The van der Waals surface area contributed by atoms with E-state index < -0.39 is 16.1 Å². The molecule has 6 nitrogen and oxygen atoms in total. The molecule has 0 bridgehead atoms. The van der Waals surface area contributed by atoms with Crippen LogP contribution in [0.1, 0.15) is 61.8 Å². The number of carbonyl (C=O) groups is 1. The third-order valence-electron chi connectivity index (χ3n) is 6.70. The summed E-state index contributed by atoms with van der Waals surface area (Å²) < 4.78 is 27.6. The van der Waals surface area contributed by atoms with Crippen LogP contribution in [-0.4, -0.2) is 44.2 Å². The highest BCUT2D eigenvalue weighted by molar-refractivity contribution is 7.90. The number of carbonyl (C=O) groups excluding carboxylic acids is 1. The summed E-state index contributed by atoms with van der Waals surface area (Å²) in [6.45, 7) is 6.07. The van der Waals surface area contributed by atoms with Gasteiger partial charge < -0.3 is 10.2 Å². The normalized spacial score (nSPS) is 21.8. The van der Waals surface area contributed by atoms with Gasteiger partial charge in [-0.05, 0) is 99.9 Å². The Hall–Kier alpha value is -1.60. The maximum atomic E-state index is 12.7. The Morgan fingerprint density at radius 1 is 1.10 bits per heavy atom. The van der Waals surface area contributed by atoms with Crippen molar-refractivity contribution < 1.29 is 13.2 Å². The van der Waals surface area contributed by atoms with Crippen molar-refractivity contribution in [3.05, 3.63) is 28.3 Å². The average Bonchev–Trinajstić information content (AvgIpc) is 3.29. The molecule has 1 saturated heterocycles. The van der Waals surface area contributed by atoms with E-state index in [0.717, 1.165) is 70.1 Å². The second-order valence-corrected chi connectivity index (χ2v) is 10.9. The maximum Gasteiger partial charge on any atom is 0.332 e. The fourth-order valence-electron chi connectivity index (χ4n) is 5.30. The van der Waals surface area contributed by atoms with Crippen LogP contribution in [-0.2, 0) is 35.7 Å². The molecule has 1 aromatic carbocycles. The van der Waals surface area contributed by atoms with E-state index in [2.05, 4.69) is 34.9 Å². The van der Waals surface area contributed by atoms with E-state index in [1.165, 1.54) is 22.3 Å². The minimum absolute atomic E-state index is 0.00858. The van der Waals surface area contributed by atoms with Gasteiger partial charge in [0.15, 0.2) is 0 Å². The van der Waals surface area contributed by atoms with Crippen molar-refractivity contribution in [3.8, 4) is 0 Å². The fourth-order valence-corrected chi connectivity index (χ4v) is 6.61.